The summed E-state index contributed by atoms with van der Waals surface area (Å²) in [5.41, 5.74) is 12.1. The second-order valence-electron chi connectivity index (χ2n) is 8.16. The molecule has 1 fully saturated rings. The molecule has 1 aliphatic carbocycles. The van der Waals surface area contributed by atoms with Gasteiger partial charge in [-0.3, -0.25) is 9.97 Å². The Balaban J connectivity index is 1.75. The number of halogens is 5. The molecule has 12 heteroatoms. The van der Waals surface area contributed by atoms with Gasteiger partial charge in [0, 0.05) is 35.3 Å². The van der Waals surface area contributed by atoms with E-state index in [2.05, 4.69) is 9.97 Å². The van der Waals surface area contributed by atoms with Crippen molar-refractivity contribution in [1.82, 2.24) is 19.5 Å². The van der Waals surface area contributed by atoms with Gasteiger partial charge in [-0.1, -0.05) is 13.0 Å². The molecule has 0 bridgehead atoms. The number of allylic oxidation sites excluding steroid dienone is 1. The summed E-state index contributed by atoms with van der Waals surface area (Å²) in [5.74, 6) is -3.95. The Kier molecular flexibility index (Phi) is 6.52. The second kappa shape index (κ2) is 9.14. The minimum Gasteiger partial charge on any atom is -0.397 e. The number of thioether (sulfide) groups is 1. The van der Waals surface area contributed by atoms with Crippen molar-refractivity contribution >= 4 is 23.7 Å². The van der Waals surface area contributed by atoms with Crippen LogP contribution < -0.4 is 11.5 Å². The normalized spacial score (nSPS) is 15.0. The molecule has 3 aromatic rings. The van der Waals surface area contributed by atoms with E-state index in [9.17, 15) is 22.0 Å². The van der Waals surface area contributed by atoms with E-state index in [1.165, 1.54) is 23.4 Å². The number of nitrogens with two attached hydrogens (primary N) is 2. The van der Waals surface area contributed by atoms with Gasteiger partial charge >= 0.3 is 12.1 Å². The molecule has 0 unspecified atom stereocenters. The number of pyridine rings is 2. The molecule has 4 N–H and O–H groups in total. The Labute approximate surface area is 202 Å². The van der Waals surface area contributed by atoms with Crippen molar-refractivity contribution in [2.75, 3.05) is 11.5 Å². The lowest BCUT2D eigenvalue weighted by Crippen LogP contribution is -2.41. The zero-order valence-corrected chi connectivity index (χ0v) is 19.7. The number of hydrogen-bond donors (Lipinski definition) is 2. The zero-order valence-electron chi connectivity index (χ0n) is 18.9. The van der Waals surface area contributed by atoms with Crippen LogP contribution in [-0.4, -0.2) is 37.4 Å². The molecule has 6 nitrogen and oxygen atoms in total. The molecule has 4 rings (SSSR count). The van der Waals surface area contributed by atoms with Gasteiger partial charge in [0.25, 0.3) is 0 Å². The van der Waals surface area contributed by atoms with Crippen molar-refractivity contribution in [3.8, 4) is 22.8 Å². The average molecular weight is 511 g/mol. The SMILES string of the molecule is CCSc1cc(-c2cccc(C3CC3)n2)cnc1-c1nc(/C=C(\N)C(F)(F)C(F)(F)F)c(N)n1C. The average Bonchev–Trinajstić information content (AvgIpc) is 3.62. The maximum Gasteiger partial charge on any atom is 0.459 e. The van der Waals surface area contributed by atoms with E-state index in [0.29, 0.717) is 23.4 Å². The van der Waals surface area contributed by atoms with Crippen LogP contribution >= 0.6 is 11.8 Å². The third-order valence-electron chi connectivity index (χ3n) is 5.61. The molecule has 3 aromatic heterocycles. The number of imidazole rings is 1. The number of anilines is 1. The molecule has 0 aliphatic heterocycles. The highest BCUT2D eigenvalue weighted by Gasteiger charge is 2.59. The van der Waals surface area contributed by atoms with Gasteiger partial charge in [-0.15, -0.1) is 11.8 Å². The zero-order chi connectivity index (χ0) is 25.5. The van der Waals surface area contributed by atoms with Crippen molar-refractivity contribution in [1.29, 1.82) is 0 Å². The quantitative estimate of drug-likeness (QED) is 0.317. The molecule has 35 heavy (non-hydrogen) atoms. The molecule has 1 aliphatic rings. The van der Waals surface area contributed by atoms with Crippen LogP contribution in [-0.2, 0) is 7.05 Å². The fraction of sp³-hybridized carbons (Fsp3) is 0.348. The molecule has 0 saturated heterocycles. The minimum absolute atomic E-state index is 0.127. The smallest absolute Gasteiger partial charge is 0.397 e. The molecule has 0 radical (unpaired) electrons. The van der Waals surface area contributed by atoms with E-state index in [-0.39, 0.29) is 17.3 Å². The number of hydrogen-bond acceptors (Lipinski definition) is 6. The molecular weight excluding hydrogens is 487 g/mol. The van der Waals surface area contributed by atoms with Crippen LogP contribution in [0.5, 0.6) is 0 Å². The lowest BCUT2D eigenvalue weighted by molar-refractivity contribution is -0.264. The fourth-order valence-corrected chi connectivity index (χ4v) is 4.29. The predicted octanol–water partition coefficient (Wildman–Crippen LogP) is 5.61. The highest BCUT2D eigenvalue weighted by molar-refractivity contribution is 7.99. The molecule has 0 amide bonds. The van der Waals surface area contributed by atoms with E-state index in [1.807, 2.05) is 31.2 Å². The first-order chi connectivity index (χ1) is 16.4. The van der Waals surface area contributed by atoms with E-state index in [4.69, 9.17) is 16.5 Å². The lowest BCUT2D eigenvalue weighted by Gasteiger charge is -2.19. The Morgan fingerprint density at radius 3 is 2.54 bits per heavy atom. The Bertz CT molecular complexity index is 1280. The van der Waals surface area contributed by atoms with Crippen molar-refractivity contribution in [3.63, 3.8) is 0 Å². The topological polar surface area (TPSA) is 95.6 Å². The molecule has 0 aromatic carbocycles. The van der Waals surface area contributed by atoms with Crippen molar-refractivity contribution in [2.45, 2.75) is 42.7 Å². The molecule has 186 valence electrons. The van der Waals surface area contributed by atoms with Crippen molar-refractivity contribution in [3.05, 3.63) is 47.5 Å². The largest absolute Gasteiger partial charge is 0.459 e. The van der Waals surface area contributed by atoms with Crippen LogP contribution in [0.1, 0.15) is 37.1 Å². The van der Waals surface area contributed by atoms with Crippen LogP contribution in [0, 0.1) is 0 Å². The third-order valence-corrected chi connectivity index (χ3v) is 6.52. The van der Waals surface area contributed by atoms with E-state index < -0.39 is 17.8 Å². The van der Waals surface area contributed by atoms with Gasteiger partial charge in [0.2, 0.25) is 0 Å². The summed E-state index contributed by atoms with van der Waals surface area (Å²) < 4.78 is 66.6. The standard InChI is InChI=1S/C23H23F5N6S/c1-3-35-17-9-13(15-6-4-5-14(32-15)12-7-8-12)11-31-19(17)21-33-16(20(30)34(21)2)10-18(29)22(24,25)23(26,27)28/h4-6,9-12H,3,7-8,29-30H2,1-2H3/b18-10-. The minimum atomic E-state index is -5.84. The molecular formula is C23H23F5N6S. The summed E-state index contributed by atoms with van der Waals surface area (Å²) in [4.78, 5) is 14.2. The van der Waals surface area contributed by atoms with Gasteiger partial charge in [0.15, 0.2) is 5.82 Å². The van der Waals surface area contributed by atoms with Crippen LogP contribution in [0.15, 0.2) is 41.1 Å². The van der Waals surface area contributed by atoms with E-state index in [0.717, 1.165) is 34.7 Å². The lowest BCUT2D eigenvalue weighted by atomic mass is 10.1. The summed E-state index contributed by atoms with van der Waals surface area (Å²) in [6, 6.07) is 7.76. The van der Waals surface area contributed by atoms with Gasteiger partial charge in [-0.05, 0) is 42.9 Å². The first kappa shape index (κ1) is 25.0. The molecule has 1 saturated carbocycles. The maximum atomic E-state index is 13.6. The van der Waals surface area contributed by atoms with Crippen LogP contribution in [0.2, 0.25) is 0 Å². The molecule has 3 heterocycles. The monoisotopic (exact) mass is 510 g/mol. The van der Waals surface area contributed by atoms with Gasteiger partial charge in [-0.2, -0.15) is 22.0 Å². The van der Waals surface area contributed by atoms with E-state index >= 15 is 0 Å². The van der Waals surface area contributed by atoms with Crippen LogP contribution in [0.4, 0.5) is 27.8 Å². The molecule has 0 atom stereocenters. The predicted molar refractivity (Wildman–Crippen MR) is 126 cm³/mol. The summed E-state index contributed by atoms with van der Waals surface area (Å²) >= 11 is 1.48. The Morgan fingerprint density at radius 2 is 1.91 bits per heavy atom. The summed E-state index contributed by atoms with van der Waals surface area (Å²) in [6.45, 7) is 1.95. The van der Waals surface area contributed by atoms with Crippen molar-refractivity contribution < 1.29 is 22.0 Å². The molecule has 0 spiro atoms. The maximum absolute atomic E-state index is 13.6. The van der Waals surface area contributed by atoms with Gasteiger partial charge in [0.05, 0.1) is 11.4 Å². The van der Waals surface area contributed by atoms with Gasteiger partial charge in [-0.25, -0.2) is 4.98 Å². The number of rotatable bonds is 7. The van der Waals surface area contributed by atoms with Crippen LogP contribution in [0.3, 0.4) is 0 Å². The third kappa shape index (κ3) is 4.84. The summed E-state index contributed by atoms with van der Waals surface area (Å²) in [6.07, 6.45) is -1.52. The Morgan fingerprint density at radius 1 is 1.20 bits per heavy atom. The number of nitrogens with zero attached hydrogens (tertiary/aromatic N) is 4. The highest BCUT2D eigenvalue weighted by atomic mass is 32.2. The number of alkyl halides is 5. The number of nitrogen functional groups attached to an aromatic ring is 1. The highest BCUT2D eigenvalue weighted by Crippen LogP contribution is 2.41. The summed E-state index contributed by atoms with van der Waals surface area (Å²) in [7, 11) is 1.52. The van der Waals surface area contributed by atoms with Gasteiger partial charge in [0.1, 0.15) is 17.2 Å². The first-order valence-corrected chi connectivity index (χ1v) is 11.8. The second-order valence-corrected chi connectivity index (χ2v) is 9.47. The Hall–Kier alpha value is -3.15. The first-order valence-electron chi connectivity index (χ1n) is 10.8. The van der Waals surface area contributed by atoms with Crippen LogP contribution in [0.25, 0.3) is 28.9 Å². The fourth-order valence-electron chi connectivity index (χ4n) is 3.49. The summed E-state index contributed by atoms with van der Waals surface area (Å²) in [5, 5.41) is 0. The number of aromatic nitrogens is 4. The van der Waals surface area contributed by atoms with E-state index in [1.54, 1.807) is 6.20 Å². The van der Waals surface area contributed by atoms with Crippen molar-refractivity contribution in [2.24, 2.45) is 12.8 Å². The van der Waals surface area contributed by atoms with Gasteiger partial charge < -0.3 is 16.0 Å².